The van der Waals surface area contributed by atoms with Crippen molar-refractivity contribution >= 4 is 23.0 Å². The second-order valence-corrected chi connectivity index (χ2v) is 6.91. The number of thiophene rings is 1. The first-order chi connectivity index (χ1) is 11.1. The van der Waals surface area contributed by atoms with Gasteiger partial charge in [-0.15, -0.1) is 11.3 Å². The van der Waals surface area contributed by atoms with Gasteiger partial charge in [0, 0.05) is 31.2 Å². The van der Waals surface area contributed by atoms with Gasteiger partial charge in [-0.25, -0.2) is 0 Å². The SMILES string of the molecule is CC1CN(C)CCN1C(=O)c1ccccc1C(=O)c1cccs1. The highest BCUT2D eigenvalue weighted by Crippen LogP contribution is 2.21. The summed E-state index contributed by atoms with van der Waals surface area (Å²) in [6.45, 7) is 4.46. The summed E-state index contributed by atoms with van der Waals surface area (Å²) >= 11 is 1.40. The molecule has 2 aromatic rings. The van der Waals surface area contributed by atoms with Gasteiger partial charge in [0.2, 0.25) is 5.78 Å². The normalized spacial score (nSPS) is 18.9. The summed E-state index contributed by atoms with van der Waals surface area (Å²) in [7, 11) is 2.06. The van der Waals surface area contributed by atoms with Crippen LogP contribution in [0, 0.1) is 0 Å². The average Bonchev–Trinajstić information content (AvgIpc) is 3.08. The number of hydrogen-bond donors (Lipinski definition) is 0. The molecule has 1 aliphatic heterocycles. The highest BCUT2D eigenvalue weighted by molar-refractivity contribution is 7.12. The van der Waals surface area contributed by atoms with Crippen LogP contribution in [0.25, 0.3) is 0 Å². The first kappa shape index (κ1) is 15.9. The van der Waals surface area contributed by atoms with Crippen LogP contribution in [0.3, 0.4) is 0 Å². The maximum absolute atomic E-state index is 13.0. The third kappa shape index (κ3) is 3.21. The van der Waals surface area contributed by atoms with Crippen LogP contribution in [0.15, 0.2) is 41.8 Å². The van der Waals surface area contributed by atoms with E-state index in [0.717, 1.165) is 13.1 Å². The van der Waals surface area contributed by atoms with E-state index < -0.39 is 0 Å². The van der Waals surface area contributed by atoms with Crippen LogP contribution in [0.4, 0.5) is 0 Å². The predicted octanol–water partition coefficient (Wildman–Crippen LogP) is 2.76. The Bertz CT molecular complexity index is 712. The zero-order chi connectivity index (χ0) is 16.4. The molecular formula is C18H20N2O2S. The minimum Gasteiger partial charge on any atom is -0.333 e. The Kier molecular flexibility index (Phi) is 4.59. The summed E-state index contributed by atoms with van der Waals surface area (Å²) in [5.74, 6) is -0.128. The molecule has 0 bridgehead atoms. The molecule has 0 radical (unpaired) electrons. The summed E-state index contributed by atoms with van der Waals surface area (Å²) in [5, 5.41) is 1.88. The Morgan fingerprint density at radius 2 is 1.83 bits per heavy atom. The summed E-state index contributed by atoms with van der Waals surface area (Å²) in [6.07, 6.45) is 0. The number of likely N-dealkylation sites (N-methyl/N-ethyl adjacent to an activating group) is 1. The summed E-state index contributed by atoms with van der Waals surface area (Å²) < 4.78 is 0. The fourth-order valence-electron chi connectivity index (χ4n) is 3.00. The first-order valence-electron chi connectivity index (χ1n) is 7.74. The third-order valence-corrected chi connectivity index (χ3v) is 5.11. The smallest absolute Gasteiger partial charge is 0.254 e. The standard InChI is InChI=1S/C18H20N2O2S/c1-13-12-19(2)9-10-20(13)18(22)15-7-4-3-6-14(15)17(21)16-8-5-11-23-16/h3-8,11,13H,9-10,12H2,1-2H3. The molecule has 0 aliphatic carbocycles. The highest BCUT2D eigenvalue weighted by Gasteiger charge is 2.29. The molecule has 0 spiro atoms. The third-order valence-electron chi connectivity index (χ3n) is 4.24. The molecule has 1 aliphatic rings. The van der Waals surface area contributed by atoms with E-state index in [9.17, 15) is 9.59 Å². The van der Waals surface area contributed by atoms with E-state index in [1.54, 1.807) is 18.2 Å². The molecule has 1 saturated heterocycles. The van der Waals surface area contributed by atoms with E-state index in [2.05, 4.69) is 18.9 Å². The van der Waals surface area contributed by atoms with Crippen molar-refractivity contribution in [1.29, 1.82) is 0 Å². The number of nitrogens with zero attached hydrogens (tertiary/aromatic N) is 2. The fraction of sp³-hybridized carbons (Fsp3) is 0.333. The molecule has 5 heteroatoms. The predicted molar refractivity (Wildman–Crippen MR) is 92.2 cm³/mol. The van der Waals surface area contributed by atoms with Crippen molar-refractivity contribution < 1.29 is 9.59 Å². The number of rotatable bonds is 3. The first-order valence-corrected chi connectivity index (χ1v) is 8.62. The molecule has 4 nitrogen and oxygen atoms in total. The monoisotopic (exact) mass is 328 g/mol. The van der Waals surface area contributed by atoms with Crippen LogP contribution >= 0.6 is 11.3 Å². The van der Waals surface area contributed by atoms with Crippen molar-refractivity contribution in [2.45, 2.75) is 13.0 Å². The van der Waals surface area contributed by atoms with Crippen molar-refractivity contribution in [1.82, 2.24) is 9.80 Å². The number of ketones is 1. The number of hydrogen-bond acceptors (Lipinski definition) is 4. The largest absolute Gasteiger partial charge is 0.333 e. The van der Waals surface area contributed by atoms with Crippen molar-refractivity contribution in [3.05, 3.63) is 57.8 Å². The van der Waals surface area contributed by atoms with Gasteiger partial charge in [0.15, 0.2) is 0 Å². The maximum Gasteiger partial charge on any atom is 0.254 e. The summed E-state index contributed by atoms with van der Waals surface area (Å²) in [4.78, 5) is 30.4. The molecule has 120 valence electrons. The zero-order valence-corrected chi connectivity index (χ0v) is 14.2. The van der Waals surface area contributed by atoms with Crippen LogP contribution in [-0.2, 0) is 0 Å². The van der Waals surface area contributed by atoms with Crippen LogP contribution in [-0.4, -0.2) is 54.2 Å². The number of amides is 1. The second kappa shape index (κ2) is 6.64. The van der Waals surface area contributed by atoms with Gasteiger partial charge in [-0.05, 0) is 31.5 Å². The van der Waals surface area contributed by atoms with Gasteiger partial charge < -0.3 is 9.80 Å². The van der Waals surface area contributed by atoms with Crippen molar-refractivity contribution in [3.63, 3.8) is 0 Å². The molecule has 1 unspecified atom stereocenters. The lowest BCUT2D eigenvalue weighted by Gasteiger charge is -2.38. The Hall–Kier alpha value is -1.98. The molecular weight excluding hydrogens is 308 g/mol. The van der Waals surface area contributed by atoms with Gasteiger partial charge in [-0.1, -0.05) is 24.3 Å². The summed E-state index contributed by atoms with van der Waals surface area (Å²) in [5.41, 5.74) is 0.994. The fourth-order valence-corrected chi connectivity index (χ4v) is 3.68. The number of benzene rings is 1. The van der Waals surface area contributed by atoms with E-state index in [1.807, 2.05) is 28.5 Å². The molecule has 0 N–H and O–H groups in total. The van der Waals surface area contributed by atoms with Crippen LogP contribution in [0.1, 0.15) is 32.5 Å². The molecule has 1 amide bonds. The van der Waals surface area contributed by atoms with Gasteiger partial charge in [0.25, 0.3) is 5.91 Å². The van der Waals surface area contributed by atoms with Gasteiger partial charge in [0.05, 0.1) is 10.4 Å². The molecule has 1 atom stereocenters. The van der Waals surface area contributed by atoms with E-state index in [0.29, 0.717) is 22.5 Å². The lowest BCUT2D eigenvalue weighted by Crippen LogP contribution is -2.52. The number of piperazine rings is 1. The van der Waals surface area contributed by atoms with E-state index >= 15 is 0 Å². The van der Waals surface area contributed by atoms with Gasteiger partial charge in [-0.2, -0.15) is 0 Å². The highest BCUT2D eigenvalue weighted by atomic mass is 32.1. The minimum absolute atomic E-state index is 0.0499. The lowest BCUT2D eigenvalue weighted by molar-refractivity contribution is 0.0531. The Morgan fingerprint density at radius 3 is 2.48 bits per heavy atom. The van der Waals surface area contributed by atoms with E-state index in [4.69, 9.17) is 0 Å². The molecule has 23 heavy (non-hydrogen) atoms. The lowest BCUT2D eigenvalue weighted by atomic mass is 10.0. The Labute approximate surface area is 140 Å². The molecule has 1 fully saturated rings. The second-order valence-electron chi connectivity index (χ2n) is 5.96. The quantitative estimate of drug-likeness (QED) is 0.814. The zero-order valence-electron chi connectivity index (χ0n) is 13.4. The van der Waals surface area contributed by atoms with Crippen molar-refractivity contribution in [2.75, 3.05) is 26.7 Å². The average molecular weight is 328 g/mol. The van der Waals surface area contributed by atoms with E-state index in [-0.39, 0.29) is 17.7 Å². The minimum atomic E-state index is -0.0780. The van der Waals surface area contributed by atoms with Crippen LogP contribution < -0.4 is 0 Å². The van der Waals surface area contributed by atoms with Gasteiger partial charge >= 0.3 is 0 Å². The van der Waals surface area contributed by atoms with Crippen molar-refractivity contribution in [2.24, 2.45) is 0 Å². The van der Waals surface area contributed by atoms with Gasteiger partial charge in [0.1, 0.15) is 0 Å². The molecule has 3 rings (SSSR count). The molecule has 0 saturated carbocycles. The molecule has 2 heterocycles. The Morgan fingerprint density at radius 1 is 1.09 bits per heavy atom. The van der Waals surface area contributed by atoms with Crippen LogP contribution in [0.5, 0.6) is 0 Å². The number of carbonyl (C=O) groups is 2. The van der Waals surface area contributed by atoms with E-state index in [1.165, 1.54) is 11.3 Å². The van der Waals surface area contributed by atoms with Crippen molar-refractivity contribution in [3.8, 4) is 0 Å². The van der Waals surface area contributed by atoms with Gasteiger partial charge in [-0.3, -0.25) is 9.59 Å². The molecule has 1 aromatic heterocycles. The topological polar surface area (TPSA) is 40.6 Å². The molecule has 1 aromatic carbocycles. The Balaban J connectivity index is 1.91. The van der Waals surface area contributed by atoms with Crippen LogP contribution in [0.2, 0.25) is 0 Å². The maximum atomic E-state index is 13.0. The number of carbonyl (C=O) groups excluding carboxylic acids is 2. The summed E-state index contributed by atoms with van der Waals surface area (Å²) in [6, 6.07) is 10.9.